The van der Waals surface area contributed by atoms with E-state index in [1.807, 2.05) is 6.07 Å². The summed E-state index contributed by atoms with van der Waals surface area (Å²) in [5.74, 6) is 1.77. The molecule has 0 bridgehead atoms. The molecular formula is C11H14BrNO. The Kier molecular flexibility index (Phi) is 3.40. The number of ether oxygens (including phenoxy) is 1. The Hall–Kier alpha value is -0.570. The number of aromatic nitrogens is 1. The summed E-state index contributed by atoms with van der Waals surface area (Å²) < 4.78 is 6.57. The highest BCUT2D eigenvalue weighted by Gasteiger charge is 2.16. The molecule has 3 heteroatoms. The Morgan fingerprint density at radius 2 is 2.29 bits per heavy atom. The largest absolute Gasteiger partial charge is 0.492 e. The molecule has 0 radical (unpaired) electrons. The second-order valence-corrected chi connectivity index (χ2v) is 4.69. The maximum atomic E-state index is 5.60. The number of hydrogen-bond donors (Lipinski definition) is 0. The van der Waals surface area contributed by atoms with Crippen molar-refractivity contribution in [3.05, 3.63) is 22.9 Å². The van der Waals surface area contributed by atoms with E-state index in [0.29, 0.717) is 0 Å². The van der Waals surface area contributed by atoms with Crippen molar-refractivity contribution in [1.82, 2.24) is 4.98 Å². The van der Waals surface area contributed by atoms with Gasteiger partial charge in [-0.15, -0.1) is 0 Å². The standard InChI is InChI=1S/C11H14BrNO/c12-10-6-11(8-13-7-10)14-5-4-9-2-1-3-9/h6-9H,1-5H2. The van der Waals surface area contributed by atoms with Gasteiger partial charge >= 0.3 is 0 Å². The summed E-state index contributed by atoms with van der Waals surface area (Å²) in [5, 5.41) is 0. The van der Waals surface area contributed by atoms with Crippen LogP contribution in [0.1, 0.15) is 25.7 Å². The first-order valence-electron chi connectivity index (χ1n) is 5.08. The fourth-order valence-electron chi connectivity index (χ4n) is 1.60. The predicted molar refractivity (Wildman–Crippen MR) is 59.4 cm³/mol. The molecule has 1 aliphatic carbocycles. The van der Waals surface area contributed by atoms with Crippen LogP contribution in [0.25, 0.3) is 0 Å². The van der Waals surface area contributed by atoms with Gasteiger partial charge in [-0.1, -0.05) is 19.3 Å². The lowest BCUT2D eigenvalue weighted by Crippen LogP contribution is -2.14. The van der Waals surface area contributed by atoms with E-state index in [0.717, 1.165) is 22.7 Å². The maximum Gasteiger partial charge on any atom is 0.138 e. The molecule has 2 nitrogen and oxygen atoms in total. The monoisotopic (exact) mass is 255 g/mol. The van der Waals surface area contributed by atoms with Crippen LogP contribution in [-0.2, 0) is 0 Å². The minimum absolute atomic E-state index is 0.822. The van der Waals surface area contributed by atoms with E-state index in [4.69, 9.17) is 4.74 Å². The quantitative estimate of drug-likeness (QED) is 0.823. The van der Waals surface area contributed by atoms with Crippen LogP contribution >= 0.6 is 15.9 Å². The third kappa shape index (κ3) is 2.71. The number of halogens is 1. The van der Waals surface area contributed by atoms with Crippen molar-refractivity contribution in [2.45, 2.75) is 25.7 Å². The van der Waals surface area contributed by atoms with Gasteiger partial charge in [0.25, 0.3) is 0 Å². The van der Waals surface area contributed by atoms with Crippen LogP contribution in [0.15, 0.2) is 22.9 Å². The van der Waals surface area contributed by atoms with E-state index >= 15 is 0 Å². The van der Waals surface area contributed by atoms with Crippen molar-refractivity contribution < 1.29 is 4.74 Å². The van der Waals surface area contributed by atoms with Gasteiger partial charge in [0.1, 0.15) is 5.75 Å². The molecule has 1 aliphatic rings. The van der Waals surface area contributed by atoms with Crippen LogP contribution in [0.5, 0.6) is 5.75 Å². The molecule has 1 aromatic rings. The molecule has 1 heterocycles. The molecule has 0 atom stereocenters. The van der Waals surface area contributed by atoms with E-state index in [1.54, 1.807) is 12.4 Å². The molecule has 0 unspecified atom stereocenters. The lowest BCUT2D eigenvalue weighted by atomic mass is 9.83. The van der Waals surface area contributed by atoms with Gasteiger partial charge in [-0.2, -0.15) is 0 Å². The van der Waals surface area contributed by atoms with Gasteiger partial charge < -0.3 is 4.74 Å². The molecule has 2 rings (SSSR count). The Morgan fingerprint density at radius 1 is 1.43 bits per heavy atom. The summed E-state index contributed by atoms with van der Waals surface area (Å²) in [5.41, 5.74) is 0. The van der Waals surface area contributed by atoms with Gasteiger partial charge in [0, 0.05) is 10.7 Å². The Bertz CT molecular complexity index is 299. The summed E-state index contributed by atoms with van der Waals surface area (Å²) in [4.78, 5) is 4.04. The van der Waals surface area contributed by atoms with Crippen molar-refractivity contribution in [2.24, 2.45) is 5.92 Å². The highest BCUT2D eigenvalue weighted by atomic mass is 79.9. The minimum Gasteiger partial charge on any atom is -0.492 e. The maximum absolute atomic E-state index is 5.60. The molecule has 0 amide bonds. The topological polar surface area (TPSA) is 22.1 Å². The van der Waals surface area contributed by atoms with E-state index in [1.165, 1.54) is 25.7 Å². The fraction of sp³-hybridized carbons (Fsp3) is 0.545. The van der Waals surface area contributed by atoms with E-state index < -0.39 is 0 Å². The highest BCUT2D eigenvalue weighted by molar-refractivity contribution is 9.10. The van der Waals surface area contributed by atoms with Crippen molar-refractivity contribution in [2.75, 3.05) is 6.61 Å². The number of hydrogen-bond acceptors (Lipinski definition) is 2. The van der Waals surface area contributed by atoms with E-state index in [9.17, 15) is 0 Å². The Balaban J connectivity index is 1.74. The summed E-state index contributed by atoms with van der Waals surface area (Å²) in [6, 6.07) is 1.95. The van der Waals surface area contributed by atoms with Gasteiger partial charge in [-0.25, -0.2) is 0 Å². The predicted octanol–water partition coefficient (Wildman–Crippen LogP) is 3.41. The second kappa shape index (κ2) is 4.78. The van der Waals surface area contributed by atoms with Crippen molar-refractivity contribution in [1.29, 1.82) is 0 Å². The molecule has 76 valence electrons. The zero-order valence-corrected chi connectivity index (χ0v) is 9.66. The second-order valence-electron chi connectivity index (χ2n) is 3.77. The van der Waals surface area contributed by atoms with Gasteiger partial charge in [0.05, 0.1) is 12.8 Å². The van der Waals surface area contributed by atoms with Crippen molar-refractivity contribution in [3.8, 4) is 5.75 Å². The van der Waals surface area contributed by atoms with E-state index in [2.05, 4.69) is 20.9 Å². The first kappa shape index (κ1) is 9.97. The molecular weight excluding hydrogens is 242 g/mol. The van der Waals surface area contributed by atoms with E-state index in [-0.39, 0.29) is 0 Å². The summed E-state index contributed by atoms with van der Waals surface area (Å²) in [7, 11) is 0. The van der Waals surface area contributed by atoms with Crippen LogP contribution in [0.3, 0.4) is 0 Å². The average Bonchev–Trinajstić information content (AvgIpc) is 2.09. The molecule has 0 aromatic carbocycles. The van der Waals surface area contributed by atoms with Crippen molar-refractivity contribution >= 4 is 15.9 Å². The average molecular weight is 256 g/mol. The molecule has 0 spiro atoms. The molecule has 0 N–H and O–H groups in total. The van der Waals surface area contributed by atoms with Crippen LogP contribution in [-0.4, -0.2) is 11.6 Å². The number of pyridine rings is 1. The third-order valence-corrected chi connectivity index (χ3v) is 3.13. The minimum atomic E-state index is 0.822. The molecule has 1 fully saturated rings. The van der Waals surface area contributed by atoms with Crippen LogP contribution in [0.2, 0.25) is 0 Å². The molecule has 0 aliphatic heterocycles. The molecule has 1 saturated carbocycles. The van der Waals surface area contributed by atoms with Crippen LogP contribution in [0, 0.1) is 5.92 Å². The zero-order chi connectivity index (χ0) is 9.80. The first-order chi connectivity index (χ1) is 6.84. The summed E-state index contributed by atoms with van der Waals surface area (Å²) in [6.45, 7) is 0.822. The van der Waals surface area contributed by atoms with Crippen LogP contribution < -0.4 is 4.74 Å². The first-order valence-corrected chi connectivity index (χ1v) is 5.87. The van der Waals surface area contributed by atoms with Crippen LogP contribution in [0.4, 0.5) is 0 Å². The smallest absolute Gasteiger partial charge is 0.138 e. The van der Waals surface area contributed by atoms with Gasteiger partial charge in [0.15, 0.2) is 0 Å². The lowest BCUT2D eigenvalue weighted by molar-refractivity contribution is 0.221. The van der Waals surface area contributed by atoms with Gasteiger partial charge in [-0.05, 0) is 34.3 Å². The van der Waals surface area contributed by atoms with Gasteiger partial charge in [0.2, 0.25) is 0 Å². The number of rotatable bonds is 4. The summed E-state index contributed by atoms with van der Waals surface area (Å²) in [6.07, 6.45) is 8.89. The molecule has 0 saturated heterocycles. The van der Waals surface area contributed by atoms with Gasteiger partial charge in [-0.3, -0.25) is 4.98 Å². The normalized spacial score (nSPS) is 16.4. The fourth-order valence-corrected chi connectivity index (χ4v) is 1.94. The highest BCUT2D eigenvalue weighted by Crippen LogP contribution is 2.29. The molecule has 14 heavy (non-hydrogen) atoms. The van der Waals surface area contributed by atoms with Crippen molar-refractivity contribution in [3.63, 3.8) is 0 Å². The Morgan fingerprint density at radius 3 is 2.93 bits per heavy atom. The SMILES string of the molecule is Brc1cncc(OCCC2CCC2)c1. The molecule has 1 aromatic heterocycles. The lowest BCUT2D eigenvalue weighted by Gasteiger charge is -2.24. The number of nitrogens with zero attached hydrogens (tertiary/aromatic N) is 1. The zero-order valence-electron chi connectivity index (χ0n) is 8.08. The Labute approximate surface area is 92.8 Å². The summed E-state index contributed by atoms with van der Waals surface area (Å²) >= 11 is 3.37. The third-order valence-electron chi connectivity index (χ3n) is 2.70.